The molecule has 112 valence electrons. The Morgan fingerprint density at radius 2 is 1.70 bits per heavy atom. The van der Waals surface area contributed by atoms with Crippen LogP contribution in [0.15, 0.2) is 24.3 Å². The number of carbonyl (C=O) groups excluding carboxylic acids is 1. The molecule has 1 aromatic carbocycles. The Morgan fingerprint density at radius 1 is 1.15 bits per heavy atom. The lowest BCUT2D eigenvalue weighted by atomic mass is 10.3. The molecule has 0 atom stereocenters. The van der Waals surface area contributed by atoms with Gasteiger partial charge in [-0.15, -0.1) is 0 Å². The molecule has 0 saturated heterocycles. The van der Waals surface area contributed by atoms with E-state index in [2.05, 4.69) is 4.74 Å². The third-order valence-electron chi connectivity index (χ3n) is 1.89. The number of rotatable bonds is 2. The van der Waals surface area contributed by atoms with Crippen LogP contribution in [0, 0.1) is 0 Å². The summed E-state index contributed by atoms with van der Waals surface area (Å²) < 4.78 is 76.2. The maximum Gasteiger partial charge on any atom is 0.434 e. The van der Waals surface area contributed by atoms with Crippen LogP contribution in [0.1, 0.15) is 0 Å². The number of anilines is 1. The van der Waals surface area contributed by atoms with E-state index in [0.717, 1.165) is 6.07 Å². The monoisotopic (exact) mass is 321 g/mol. The summed E-state index contributed by atoms with van der Waals surface area (Å²) in [5.74, 6) is 0. The van der Waals surface area contributed by atoms with Gasteiger partial charge in [-0.2, -0.15) is 26.3 Å². The van der Waals surface area contributed by atoms with Crippen molar-refractivity contribution in [3.05, 3.63) is 29.3 Å². The van der Waals surface area contributed by atoms with Crippen LogP contribution in [0.5, 0.6) is 0 Å². The Kier molecular flexibility index (Phi) is 4.74. The van der Waals surface area contributed by atoms with Crippen LogP contribution in [0.2, 0.25) is 5.02 Å². The predicted molar refractivity (Wildman–Crippen MR) is 57.5 cm³/mol. The molecule has 3 nitrogen and oxygen atoms in total. The van der Waals surface area contributed by atoms with Gasteiger partial charge in [-0.3, -0.25) is 5.32 Å². The predicted octanol–water partition coefficient (Wildman–Crippen LogP) is 4.38. The highest BCUT2D eigenvalue weighted by Crippen LogP contribution is 2.35. The summed E-state index contributed by atoms with van der Waals surface area (Å²) in [6, 6.07) is 5.07. The minimum atomic E-state index is -5.76. The first kappa shape index (κ1) is 16.4. The van der Waals surface area contributed by atoms with E-state index in [0.29, 0.717) is 0 Å². The molecule has 0 heterocycles. The summed E-state index contributed by atoms with van der Waals surface area (Å²) >= 11 is 5.53. The maximum absolute atomic E-state index is 12.1. The van der Waals surface area contributed by atoms with Gasteiger partial charge in [0.15, 0.2) is 0 Å². The van der Waals surface area contributed by atoms with E-state index in [1.165, 1.54) is 18.2 Å². The van der Waals surface area contributed by atoms with E-state index < -0.39 is 24.5 Å². The first-order valence-corrected chi connectivity index (χ1v) is 5.24. The minimum absolute atomic E-state index is 0.106. The highest BCUT2D eigenvalue weighted by atomic mass is 35.5. The Labute approximate surface area is 113 Å². The highest BCUT2D eigenvalue weighted by Gasteiger charge is 2.60. The van der Waals surface area contributed by atoms with E-state index in [1.807, 2.05) is 0 Å². The van der Waals surface area contributed by atoms with Crippen molar-refractivity contribution < 1.29 is 35.9 Å². The molecule has 10 heteroatoms. The van der Waals surface area contributed by atoms with E-state index in [1.54, 1.807) is 5.32 Å². The van der Waals surface area contributed by atoms with Crippen LogP contribution in [0.25, 0.3) is 0 Å². The average Bonchev–Trinajstić information content (AvgIpc) is 2.22. The van der Waals surface area contributed by atoms with Crippen molar-refractivity contribution in [1.82, 2.24) is 0 Å². The van der Waals surface area contributed by atoms with Gasteiger partial charge in [-0.25, -0.2) is 4.79 Å². The Bertz CT molecular complexity index is 473. The smallest absolute Gasteiger partial charge is 0.426 e. The second-order valence-corrected chi connectivity index (χ2v) is 3.94. The zero-order valence-electron chi connectivity index (χ0n) is 9.35. The Hall–Kier alpha value is -1.64. The molecule has 0 aromatic heterocycles. The molecule has 0 aliphatic carbocycles. The van der Waals surface area contributed by atoms with Gasteiger partial charge < -0.3 is 4.74 Å². The number of nitrogens with one attached hydrogen (secondary N) is 1. The van der Waals surface area contributed by atoms with Gasteiger partial charge >= 0.3 is 18.4 Å². The van der Waals surface area contributed by atoms with Gasteiger partial charge in [-0.05, 0) is 18.2 Å². The normalized spacial score (nSPS) is 12.4. The van der Waals surface area contributed by atoms with Crippen LogP contribution in [-0.2, 0) is 4.74 Å². The summed E-state index contributed by atoms with van der Waals surface area (Å²) in [4.78, 5) is 11.1. The van der Waals surface area contributed by atoms with Gasteiger partial charge in [0.05, 0.1) is 0 Å². The molecule has 0 bridgehead atoms. The fourth-order valence-electron chi connectivity index (χ4n) is 1.14. The lowest BCUT2D eigenvalue weighted by molar-refractivity contribution is -0.306. The number of hydrogen-bond acceptors (Lipinski definition) is 2. The largest absolute Gasteiger partial charge is 0.434 e. The zero-order valence-corrected chi connectivity index (χ0v) is 10.1. The molecule has 1 amide bonds. The summed E-state index contributed by atoms with van der Waals surface area (Å²) in [5, 5.41) is 1.84. The highest BCUT2D eigenvalue weighted by molar-refractivity contribution is 6.30. The van der Waals surface area contributed by atoms with Crippen LogP contribution in [-0.4, -0.2) is 24.5 Å². The van der Waals surface area contributed by atoms with Crippen molar-refractivity contribution in [2.45, 2.75) is 18.5 Å². The van der Waals surface area contributed by atoms with Crippen LogP contribution in [0.4, 0.5) is 36.8 Å². The molecule has 1 N–H and O–H groups in total. The molecule has 0 unspecified atom stereocenters. The zero-order chi connectivity index (χ0) is 15.6. The maximum atomic E-state index is 12.1. The molecule has 0 aliphatic rings. The lowest BCUT2D eigenvalue weighted by Gasteiger charge is -2.22. The quantitative estimate of drug-likeness (QED) is 0.821. The first-order valence-electron chi connectivity index (χ1n) is 4.87. The van der Waals surface area contributed by atoms with Gasteiger partial charge in [0.1, 0.15) is 0 Å². The van der Waals surface area contributed by atoms with Gasteiger partial charge in [0, 0.05) is 10.7 Å². The minimum Gasteiger partial charge on any atom is -0.426 e. The summed E-state index contributed by atoms with van der Waals surface area (Å²) in [6.07, 6.45) is -17.6. The van der Waals surface area contributed by atoms with Gasteiger partial charge in [-0.1, -0.05) is 17.7 Å². The van der Waals surface area contributed by atoms with Crippen LogP contribution >= 0.6 is 11.6 Å². The fraction of sp³-hybridized carbons (Fsp3) is 0.300. The second-order valence-electron chi connectivity index (χ2n) is 3.50. The van der Waals surface area contributed by atoms with Crippen LogP contribution < -0.4 is 5.32 Å². The molecule has 1 aromatic rings. The Balaban J connectivity index is 2.78. The molecular formula is C10H6ClF6NO2. The molecule has 0 radical (unpaired) electrons. The number of halogens is 7. The van der Waals surface area contributed by atoms with Crippen LogP contribution in [0.3, 0.4) is 0 Å². The average molecular weight is 322 g/mol. The third kappa shape index (κ3) is 4.80. The van der Waals surface area contributed by atoms with Crippen molar-refractivity contribution >= 4 is 23.4 Å². The number of amides is 1. The number of ether oxygens (including phenoxy) is 1. The van der Waals surface area contributed by atoms with E-state index >= 15 is 0 Å². The molecule has 0 saturated carbocycles. The number of benzene rings is 1. The second kappa shape index (κ2) is 5.78. The number of carbonyl (C=O) groups is 1. The van der Waals surface area contributed by atoms with Crippen molar-refractivity contribution in [2.24, 2.45) is 0 Å². The van der Waals surface area contributed by atoms with E-state index in [4.69, 9.17) is 11.6 Å². The first-order chi connectivity index (χ1) is 9.00. The summed E-state index contributed by atoms with van der Waals surface area (Å²) in [6.45, 7) is 0. The van der Waals surface area contributed by atoms with Gasteiger partial charge in [0.25, 0.3) is 6.10 Å². The molecule has 0 aliphatic heterocycles. The summed E-state index contributed by atoms with van der Waals surface area (Å²) in [7, 11) is 0. The van der Waals surface area contributed by atoms with E-state index in [-0.39, 0.29) is 10.7 Å². The summed E-state index contributed by atoms with van der Waals surface area (Å²) in [5.41, 5.74) is -0.106. The number of alkyl halides is 6. The standard InChI is InChI=1S/C10H6ClF6NO2/c11-5-2-1-3-6(4-5)18-8(19)20-7(9(12,13)14)10(15,16)17/h1-4,7H,(H,18,19). The topological polar surface area (TPSA) is 38.3 Å². The lowest BCUT2D eigenvalue weighted by Crippen LogP contribution is -2.46. The molecule has 0 fully saturated rings. The molecule has 0 spiro atoms. The molecule has 1 rings (SSSR count). The molecule has 20 heavy (non-hydrogen) atoms. The SMILES string of the molecule is O=C(Nc1cccc(Cl)c1)OC(C(F)(F)F)C(F)(F)F. The molecular weight excluding hydrogens is 316 g/mol. The number of hydrogen-bond donors (Lipinski definition) is 1. The Morgan fingerprint density at radius 3 is 2.15 bits per heavy atom. The van der Waals surface area contributed by atoms with Crippen molar-refractivity contribution in [2.75, 3.05) is 5.32 Å². The fourth-order valence-corrected chi connectivity index (χ4v) is 1.33. The third-order valence-corrected chi connectivity index (χ3v) is 2.13. The van der Waals surface area contributed by atoms with Gasteiger partial charge in [0.2, 0.25) is 0 Å². The van der Waals surface area contributed by atoms with Crippen molar-refractivity contribution in [3.63, 3.8) is 0 Å². The van der Waals surface area contributed by atoms with Crippen molar-refractivity contribution in [1.29, 1.82) is 0 Å². The van der Waals surface area contributed by atoms with Crippen molar-refractivity contribution in [3.8, 4) is 0 Å². The van der Waals surface area contributed by atoms with E-state index in [9.17, 15) is 31.1 Å².